The van der Waals surface area contributed by atoms with Gasteiger partial charge >= 0.3 is 0 Å². The van der Waals surface area contributed by atoms with E-state index in [1.54, 1.807) is 26.0 Å². The van der Waals surface area contributed by atoms with Crippen molar-refractivity contribution in [1.82, 2.24) is 15.5 Å². The summed E-state index contributed by atoms with van der Waals surface area (Å²) in [4.78, 5) is 24.5. The monoisotopic (exact) mass is 377 g/mol. The molecule has 0 radical (unpaired) electrons. The molecule has 0 saturated carbocycles. The lowest BCUT2D eigenvalue weighted by molar-refractivity contribution is 0.0951. The highest BCUT2D eigenvalue weighted by Crippen LogP contribution is 2.27. The van der Waals surface area contributed by atoms with E-state index in [4.69, 9.17) is 0 Å². The van der Waals surface area contributed by atoms with E-state index in [0.29, 0.717) is 23.4 Å². The van der Waals surface area contributed by atoms with Crippen molar-refractivity contribution in [3.8, 4) is 17.0 Å². The van der Waals surface area contributed by atoms with Gasteiger partial charge in [0.25, 0.3) is 11.5 Å². The zero-order chi connectivity index (χ0) is 20.1. The van der Waals surface area contributed by atoms with Gasteiger partial charge in [-0.25, -0.2) is 5.10 Å². The Kier molecular flexibility index (Phi) is 5.89. The lowest BCUT2D eigenvalue weighted by atomic mass is 10.0. The summed E-state index contributed by atoms with van der Waals surface area (Å²) in [5.41, 5.74) is 3.30. The van der Waals surface area contributed by atoms with Crippen LogP contribution < -0.4 is 10.9 Å². The van der Waals surface area contributed by atoms with Crippen molar-refractivity contribution >= 4 is 5.91 Å². The highest BCUT2D eigenvalue weighted by molar-refractivity contribution is 5.94. The van der Waals surface area contributed by atoms with Crippen molar-refractivity contribution in [2.75, 3.05) is 6.54 Å². The number of H-pyrrole nitrogens is 1. The minimum atomic E-state index is -0.531. The van der Waals surface area contributed by atoms with E-state index >= 15 is 0 Å². The number of hydrogen-bond donors (Lipinski definition) is 3. The van der Waals surface area contributed by atoms with Crippen LogP contribution in [0.5, 0.6) is 5.75 Å². The summed E-state index contributed by atoms with van der Waals surface area (Å²) in [7, 11) is 0. The molecule has 0 saturated heterocycles. The van der Waals surface area contributed by atoms with E-state index in [9.17, 15) is 14.7 Å². The SMILES string of the molecule is Cc1cc(-c2cc(C(=O)NCCCc3ccccc3)c(=O)[nH]n2)cc(C)c1O. The number of nitrogens with one attached hydrogen (secondary N) is 2. The van der Waals surface area contributed by atoms with Gasteiger partial charge in [-0.2, -0.15) is 5.10 Å². The fraction of sp³-hybridized carbons (Fsp3) is 0.227. The van der Waals surface area contributed by atoms with Gasteiger partial charge < -0.3 is 10.4 Å². The number of amides is 1. The van der Waals surface area contributed by atoms with E-state index in [1.165, 1.54) is 11.6 Å². The molecule has 3 aromatic rings. The molecular formula is C22H23N3O3. The topological polar surface area (TPSA) is 95.1 Å². The van der Waals surface area contributed by atoms with Crippen LogP contribution in [0.1, 0.15) is 33.5 Å². The Hall–Kier alpha value is -3.41. The third-order valence-electron chi connectivity index (χ3n) is 4.61. The van der Waals surface area contributed by atoms with Crippen LogP contribution in [0.25, 0.3) is 11.3 Å². The molecule has 1 amide bonds. The van der Waals surface area contributed by atoms with E-state index in [-0.39, 0.29) is 11.3 Å². The van der Waals surface area contributed by atoms with Gasteiger partial charge in [0.2, 0.25) is 0 Å². The summed E-state index contributed by atoms with van der Waals surface area (Å²) in [5.74, 6) is -0.199. The smallest absolute Gasteiger partial charge is 0.277 e. The molecular weight excluding hydrogens is 354 g/mol. The number of aromatic amines is 1. The maximum absolute atomic E-state index is 12.4. The van der Waals surface area contributed by atoms with Gasteiger partial charge in [0.15, 0.2) is 0 Å². The Morgan fingerprint density at radius 2 is 1.79 bits per heavy atom. The third-order valence-corrected chi connectivity index (χ3v) is 4.61. The Morgan fingerprint density at radius 3 is 2.46 bits per heavy atom. The molecule has 2 aromatic carbocycles. The van der Waals surface area contributed by atoms with Crippen LogP contribution in [-0.4, -0.2) is 27.8 Å². The molecule has 0 aliphatic heterocycles. The summed E-state index contributed by atoms with van der Waals surface area (Å²) in [6.45, 7) is 4.05. The normalized spacial score (nSPS) is 10.6. The molecule has 1 heterocycles. The number of phenolic OH excluding ortho intramolecular Hbond substituents is 1. The molecule has 0 unspecified atom stereocenters. The number of aromatic hydroxyl groups is 1. The molecule has 3 rings (SSSR count). The molecule has 144 valence electrons. The molecule has 1 aromatic heterocycles. The van der Waals surface area contributed by atoms with Gasteiger partial charge in [0, 0.05) is 12.1 Å². The van der Waals surface area contributed by atoms with E-state index in [0.717, 1.165) is 18.4 Å². The van der Waals surface area contributed by atoms with Gasteiger partial charge in [0.05, 0.1) is 5.69 Å². The number of aromatic nitrogens is 2. The minimum Gasteiger partial charge on any atom is -0.507 e. The number of benzene rings is 2. The first-order valence-electron chi connectivity index (χ1n) is 9.18. The number of carbonyl (C=O) groups is 1. The van der Waals surface area contributed by atoms with Crippen molar-refractivity contribution in [2.24, 2.45) is 0 Å². The Bertz CT molecular complexity index is 1020. The first kappa shape index (κ1) is 19.4. The van der Waals surface area contributed by atoms with Crippen molar-refractivity contribution in [1.29, 1.82) is 0 Å². The fourth-order valence-electron chi connectivity index (χ4n) is 3.06. The zero-order valence-corrected chi connectivity index (χ0v) is 16.0. The number of carbonyl (C=O) groups excluding carboxylic acids is 1. The highest BCUT2D eigenvalue weighted by atomic mass is 16.3. The van der Waals surface area contributed by atoms with Gasteiger partial charge in [0.1, 0.15) is 11.3 Å². The molecule has 0 bridgehead atoms. The summed E-state index contributed by atoms with van der Waals surface area (Å²) in [5, 5.41) is 19.1. The summed E-state index contributed by atoms with van der Waals surface area (Å²) < 4.78 is 0. The average molecular weight is 377 g/mol. The van der Waals surface area contributed by atoms with E-state index in [1.807, 2.05) is 30.3 Å². The molecule has 6 heteroatoms. The lowest BCUT2D eigenvalue weighted by Crippen LogP contribution is -2.31. The quantitative estimate of drug-likeness (QED) is 0.575. The van der Waals surface area contributed by atoms with Crippen LogP contribution >= 0.6 is 0 Å². The molecule has 0 aliphatic rings. The van der Waals surface area contributed by atoms with E-state index in [2.05, 4.69) is 15.5 Å². The van der Waals surface area contributed by atoms with Crippen molar-refractivity contribution < 1.29 is 9.90 Å². The number of phenols is 1. The molecule has 3 N–H and O–H groups in total. The Balaban J connectivity index is 1.70. The summed E-state index contributed by atoms with van der Waals surface area (Å²) in [6, 6.07) is 15.0. The maximum Gasteiger partial charge on any atom is 0.277 e. The van der Waals surface area contributed by atoms with Crippen LogP contribution in [0.2, 0.25) is 0 Å². The number of aryl methyl sites for hydroxylation is 3. The second-order valence-electron chi connectivity index (χ2n) is 6.80. The van der Waals surface area contributed by atoms with Crippen LogP contribution in [0.3, 0.4) is 0 Å². The Labute approximate surface area is 163 Å². The molecule has 0 aliphatic carbocycles. The lowest BCUT2D eigenvalue weighted by Gasteiger charge is -2.09. The van der Waals surface area contributed by atoms with Gasteiger partial charge in [-0.05, 0) is 61.6 Å². The largest absolute Gasteiger partial charge is 0.507 e. The molecule has 28 heavy (non-hydrogen) atoms. The van der Waals surface area contributed by atoms with Gasteiger partial charge in [-0.15, -0.1) is 0 Å². The number of hydrogen-bond acceptors (Lipinski definition) is 4. The highest BCUT2D eigenvalue weighted by Gasteiger charge is 2.14. The molecule has 6 nitrogen and oxygen atoms in total. The first-order valence-corrected chi connectivity index (χ1v) is 9.18. The van der Waals surface area contributed by atoms with Crippen LogP contribution in [0.15, 0.2) is 53.3 Å². The predicted octanol–water partition coefficient (Wildman–Crippen LogP) is 3.12. The third kappa shape index (κ3) is 4.46. The van der Waals surface area contributed by atoms with Crippen molar-refractivity contribution in [2.45, 2.75) is 26.7 Å². The second-order valence-corrected chi connectivity index (χ2v) is 6.80. The van der Waals surface area contributed by atoms with Gasteiger partial charge in [-0.3, -0.25) is 9.59 Å². The summed E-state index contributed by atoms with van der Waals surface area (Å²) in [6.07, 6.45) is 1.63. The van der Waals surface area contributed by atoms with E-state index < -0.39 is 11.5 Å². The molecule has 0 fully saturated rings. The Morgan fingerprint density at radius 1 is 1.11 bits per heavy atom. The molecule has 0 atom stereocenters. The molecule has 0 spiro atoms. The average Bonchev–Trinajstić information content (AvgIpc) is 2.70. The number of nitrogens with zero attached hydrogens (tertiary/aromatic N) is 1. The summed E-state index contributed by atoms with van der Waals surface area (Å²) >= 11 is 0. The maximum atomic E-state index is 12.4. The van der Waals surface area contributed by atoms with Gasteiger partial charge in [-0.1, -0.05) is 30.3 Å². The minimum absolute atomic E-state index is 0.0214. The van der Waals surface area contributed by atoms with Crippen LogP contribution in [0.4, 0.5) is 0 Å². The fourth-order valence-corrected chi connectivity index (χ4v) is 3.06. The zero-order valence-electron chi connectivity index (χ0n) is 16.0. The second kappa shape index (κ2) is 8.52. The van der Waals surface area contributed by atoms with Crippen molar-refractivity contribution in [3.63, 3.8) is 0 Å². The number of rotatable bonds is 6. The predicted molar refractivity (Wildman–Crippen MR) is 109 cm³/mol. The standard InChI is InChI=1S/C22H23N3O3/c1-14-11-17(12-15(2)20(14)26)19-13-18(22(28)25-24-19)21(27)23-10-6-9-16-7-4-3-5-8-16/h3-5,7-8,11-13,26H,6,9-10H2,1-2H3,(H,23,27)(H,25,28). The van der Waals surface area contributed by atoms with Crippen LogP contribution in [0, 0.1) is 13.8 Å². The first-order chi connectivity index (χ1) is 13.5. The van der Waals surface area contributed by atoms with Crippen LogP contribution in [-0.2, 0) is 6.42 Å². The van der Waals surface area contributed by atoms with Crippen molar-refractivity contribution in [3.05, 3.63) is 81.1 Å².